The van der Waals surface area contributed by atoms with Crippen LogP contribution in [-0.2, 0) is 5.41 Å². The van der Waals surface area contributed by atoms with Crippen LogP contribution in [0.4, 0.5) is 0 Å². The van der Waals surface area contributed by atoms with Crippen LogP contribution < -0.4 is 0 Å². The molecule has 0 amide bonds. The molecule has 0 radical (unpaired) electrons. The second-order valence-electron chi connectivity index (χ2n) is 11.9. The summed E-state index contributed by atoms with van der Waals surface area (Å²) >= 11 is 3.82. The highest BCUT2D eigenvalue weighted by Crippen LogP contribution is 2.57. The topological polar surface area (TPSA) is 4.93 Å². The highest BCUT2D eigenvalue weighted by atomic mass is 79.9. The molecular formula is C43H28BrN. The molecule has 0 saturated carbocycles. The summed E-state index contributed by atoms with van der Waals surface area (Å²) < 4.78 is 3.47. The molecule has 1 aliphatic rings. The van der Waals surface area contributed by atoms with Crippen molar-refractivity contribution in [1.29, 1.82) is 0 Å². The zero-order valence-corrected chi connectivity index (χ0v) is 26.1. The number of hydrogen-bond acceptors (Lipinski definition) is 0. The first-order valence-corrected chi connectivity index (χ1v) is 16.2. The Labute approximate surface area is 271 Å². The van der Waals surface area contributed by atoms with Gasteiger partial charge < -0.3 is 4.57 Å². The van der Waals surface area contributed by atoms with Gasteiger partial charge in [0.15, 0.2) is 0 Å². The van der Waals surface area contributed by atoms with E-state index >= 15 is 0 Å². The zero-order chi connectivity index (χ0) is 30.0. The Hall–Kier alpha value is -5.18. The summed E-state index contributed by atoms with van der Waals surface area (Å²) in [5.74, 6) is 0. The van der Waals surface area contributed by atoms with Gasteiger partial charge in [0.1, 0.15) is 0 Å². The van der Waals surface area contributed by atoms with E-state index in [9.17, 15) is 0 Å². The molecule has 0 fully saturated rings. The third-order valence-electron chi connectivity index (χ3n) is 9.53. The van der Waals surface area contributed by atoms with E-state index in [0.717, 1.165) is 4.47 Å². The van der Waals surface area contributed by atoms with E-state index in [0.29, 0.717) is 0 Å². The minimum Gasteiger partial charge on any atom is -0.309 e. The SMILES string of the molecule is Brc1ccc2c(c1)C(c1ccccc1)(c1ccccc1)c1cc(-c3ccc4c(c3)c3ccccc3n4-c3ccccc3)ccc1-2. The molecule has 0 unspecified atom stereocenters. The van der Waals surface area contributed by atoms with Crippen LogP contribution in [0.5, 0.6) is 0 Å². The molecule has 0 spiro atoms. The first-order valence-electron chi connectivity index (χ1n) is 15.4. The molecule has 0 N–H and O–H groups in total. The Morgan fingerprint density at radius 3 is 1.67 bits per heavy atom. The molecule has 9 rings (SSSR count). The van der Waals surface area contributed by atoms with E-state index in [1.807, 2.05) is 0 Å². The van der Waals surface area contributed by atoms with Crippen molar-refractivity contribution in [3.8, 4) is 27.9 Å². The maximum absolute atomic E-state index is 3.82. The van der Waals surface area contributed by atoms with E-state index in [-0.39, 0.29) is 0 Å². The standard InChI is InChI=1S/C43H28BrN/c44-33-22-24-36-35-23-20-30(27-39(35)43(40(36)28-33,31-12-4-1-5-13-31)32-14-6-2-7-15-32)29-21-25-42-38(26-29)37-18-10-11-19-41(37)45(42)34-16-8-3-9-17-34/h1-28H. The monoisotopic (exact) mass is 637 g/mol. The van der Waals surface area contributed by atoms with Gasteiger partial charge in [0.05, 0.1) is 16.4 Å². The maximum Gasteiger partial charge on any atom is 0.0714 e. The second kappa shape index (κ2) is 10.2. The van der Waals surface area contributed by atoms with Crippen LogP contribution in [0.1, 0.15) is 22.3 Å². The van der Waals surface area contributed by atoms with Crippen molar-refractivity contribution in [2.45, 2.75) is 5.41 Å². The highest BCUT2D eigenvalue weighted by molar-refractivity contribution is 9.10. The lowest BCUT2D eigenvalue weighted by molar-refractivity contribution is 0.768. The predicted octanol–water partition coefficient (Wildman–Crippen LogP) is 11.6. The number of nitrogens with zero attached hydrogens (tertiary/aromatic N) is 1. The third-order valence-corrected chi connectivity index (χ3v) is 10.0. The summed E-state index contributed by atoms with van der Waals surface area (Å²) in [6.07, 6.45) is 0. The van der Waals surface area contributed by atoms with Crippen LogP contribution in [0.3, 0.4) is 0 Å². The molecule has 1 nitrogen and oxygen atoms in total. The lowest BCUT2D eigenvalue weighted by Gasteiger charge is -2.34. The summed E-state index contributed by atoms with van der Waals surface area (Å²) in [5.41, 5.74) is 13.3. The van der Waals surface area contributed by atoms with Gasteiger partial charge in [-0.15, -0.1) is 0 Å². The molecule has 0 atom stereocenters. The fourth-order valence-electron chi connectivity index (χ4n) is 7.65. The largest absolute Gasteiger partial charge is 0.309 e. The predicted molar refractivity (Wildman–Crippen MR) is 191 cm³/mol. The number of para-hydroxylation sites is 2. The average molecular weight is 639 g/mol. The van der Waals surface area contributed by atoms with Crippen molar-refractivity contribution in [3.63, 3.8) is 0 Å². The Morgan fingerprint density at radius 1 is 0.422 bits per heavy atom. The third kappa shape index (κ3) is 3.86. The van der Waals surface area contributed by atoms with Crippen LogP contribution in [0.15, 0.2) is 174 Å². The Bertz CT molecular complexity index is 2330. The van der Waals surface area contributed by atoms with Gasteiger partial charge in [-0.05, 0) is 93.0 Å². The van der Waals surface area contributed by atoms with E-state index in [4.69, 9.17) is 0 Å². The summed E-state index contributed by atoms with van der Waals surface area (Å²) in [7, 11) is 0. The van der Waals surface area contributed by atoms with Crippen LogP contribution >= 0.6 is 15.9 Å². The van der Waals surface area contributed by atoms with Crippen molar-refractivity contribution >= 4 is 37.7 Å². The van der Waals surface area contributed by atoms with Crippen molar-refractivity contribution in [3.05, 3.63) is 197 Å². The Morgan fingerprint density at radius 2 is 0.956 bits per heavy atom. The molecule has 0 saturated heterocycles. The van der Waals surface area contributed by atoms with Crippen molar-refractivity contribution in [1.82, 2.24) is 4.57 Å². The molecule has 2 heteroatoms. The molecule has 1 aliphatic carbocycles. The van der Waals surface area contributed by atoms with Crippen LogP contribution in [0, 0.1) is 0 Å². The molecule has 0 bridgehead atoms. The van der Waals surface area contributed by atoms with Gasteiger partial charge in [0.2, 0.25) is 0 Å². The van der Waals surface area contributed by atoms with Gasteiger partial charge in [-0.3, -0.25) is 0 Å². The normalized spacial score (nSPS) is 13.2. The summed E-state index contributed by atoms with van der Waals surface area (Å²) in [4.78, 5) is 0. The first-order chi connectivity index (χ1) is 22.2. The molecule has 7 aromatic carbocycles. The number of halogens is 1. The maximum atomic E-state index is 3.82. The number of benzene rings is 7. The Kier molecular flexibility index (Phi) is 5.94. The molecular weight excluding hydrogens is 610 g/mol. The minimum atomic E-state index is -0.444. The van der Waals surface area contributed by atoms with E-state index in [2.05, 4.69) is 190 Å². The second-order valence-corrected chi connectivity index (χ2v) is 12.8. The minimum absolute atomic E-state index is 0.444. The number of hydrogen-bond donors (Lipinski definition) is 0. The van der Waals surface area contributed by atoms with Gasteiger partial charge in [0.25, 0.3) is 0 Å². The molecule has 212 valence electrons. The number of rotatable bonds is 4. The van der Waals surface area contributed by atoms with Crippen LogP contribution in [0.2, 0.25) is 0 Å². The highest BCUT2D eigenvalue weighted by Gasteiger charge is 2.46. The van der Waals surface area contributed by atoms with Gasteiger partial charge >= 0.3 is 0 Å². The van der Waals surface area contributed by atoms with Crippen molar-refractivity contribution in [2.24, 2.45) is 0 Å². The fraction of sp³-hybridized carbons (Fsp3) is 0.0233. The fourth-order valence-corrected chi connectivity index (χ4v) is 8.01. The summed E-state index contributed by atoms with van der Waals surface area (Å²) in [6.45, 7) is 0. The zero-order valence-electron chi connectivity index (χ0n) is 24.5. The van der Waals surface area contributed by atoms with Crippen LogP contribution in [0.25, 0.3) is 49.7 Å². The molecule has 45 heavy (non-hydrogen) atoms. The van der Waals surface area contributed by atoms with E-state index < -0.39 is 5.41 Å². The lowest BCUT2D eigenvalue weighted by atomic mass is 9.67. The Balaban J connectivity index is 1.31. The summed E-state index contributed by atoms with van der Waals surface area (Å²) in [5, 5.41) is 2.52. The van der Waals surface area contributed by atoms with E-state index in [1.165, 1.54) is 72.0 Å². The van der Waals surface area contributed by atoms with Crippen LogP contribution in [-0.4, -0.2) is 4.57 Å². The van der Waals surface area contributed by atoms with Gasteiger partial charge in [0, 0.05) is 20.9 Å². The molecule has 1 heterocycles. The van der Waals surface area contributed by atoms with Crippen molar-refractivity contribution in [2.75, 3.05) is 0 Å². The van der Waals surface area contributed by atoms with Gasteiger partial charge in [-0.2, -0.15) is 0 Å². The average Bonchev–Trinajstić information content (AvgIpc) is 3.59. The quantitative estimate of drug-likeness (QED) is 0.181. The van der Waals surface area contributed by atoms with Gasteiger partial charge in [-0.25, -0.2) is 0 Å². The summed E-state index contributed by atoms with van der Waals surface area (Å²) in [6, 6.07) is 62.2. The number of fused-ring (bicyclic) bond motifs is 6. The lowest BCUT2D eigenvalue weighted by Crippen LogP contribution is -2.28. The molecule has 8 aromatic rings. The van der Waals surface area contributed by atoms with Gasteiger partial charge in [-0.1, -0.05) is 137 Å². The number of aromatic nitrogens is 1. The first kappa shape index (κ1) is 26.2. The smallest absolute Gasteiger partial charge is 0.0714 e. The molecule has 1 aromatic heterocycles. The van der Waals surface area contributed by atoms with E-state index in [1.54, 1.807) is 0 Å². The molecule has 0 aliphatic heterocycles. The van der Waals surface area contributed by atoms with Crippen molar-refractivity contribution < 1.29 is 0 Å².